The minimum atomic E-state index is -0.314. The molecule has 0 amide bonds. The van der Waals surface area contributed by atoms with Crippen LogP contribution in [0, 0.1) is 5.82 Å². The summed E-state index contributed by atoms with van der Waals surface area (Å²) in [6.07, 6.45) is 0. The second-order valence-corrected chi connectivity index (χ2v) is 4.99. The Bertz CT molecular complexity index is 614. The highest BCUT2D eigenvalue weighted by Crippen LogP contribution is 2.17. The first-order valence-electron chi connectivity index (χ1n) is 5.80. The molecule has 0 spiro atoms. The lowest BCUT2D eigenvalue weighted by Gasteiger charge is -2.08. The third-order valence-corrected chi connectivity index (χ3v) is 2.97. The zero-order valence-corrected chi connectivity index (χ0v) is 12.9. The molecule has 1 heterocycles. The molecule has 106 valence electrons. The number of hydrogen-bond donors (Lipinski definition) is 1. The van der Waals surface area contributed by atoms with Gasteiger partial charge in [0.25, 0.3) is 0 Å². The van der Waals surface area contributed by atoms with Gasteiger partial charge in [0, 0.05) is 16.6 Å². The second-order valence-electron chi connectivity index (χ2n) is 3.73. The summed E-state index contributed by atoms with van der Waals surface area (Å²) >= 11 is 9.05. The van der Waals surface area contributed by atoms with E-state index in [0.717, 1.165) is 4.47 Å². The van der Waals surface area contributed by atoms with Crippen molar-refractivity contribution in [2.24, 2.45) is 0 Å². The Morgan fingerprint density at radius 1 is 1.35 bits per heavy atom. The summed E-state index contributed by atoms with van der Waals surface area (Å²) < 4.78 is 19.5. The Kier molecular flexibility index (Phi) is 5.08. The van der Waals surface area contributed by atoms with Gasteiger partial charge < -0.3 is 10.1 Å². The maximum absolute atomic E-state index is 13.6. The Hall–Kier alpha value is -1.47. The topological polar surface area (TPSA) is 59.9 Å². The van der Waals surface area contributed by atoms with E-state index in [1.165, 1.54) is 6.07 Å². The van der Waals surface area contributed by atoms with Crippen LogP contribution < -0.4 is 10.1 Å². The number of rotatable bonds is 5. The van der Waals surface area contributed by atoms with Gasteiger partial charge in [-0.1, -0.05) is 15.9 Å². The highest BCUT2D eigenvalue weighted by atomic mass is 79.9. The van der Waals surface area contributed by atoms with Gasteiger partial charge in [-0.2, -0.15) is 15.0 Å². The van der Waals surface area contributed by atoms with E-state index in [9.17, 15) is 4.39 Å². The van der Waals surface area contributed by atoms with Crippen LogP contribution in [0.15, 0.2) is 22.7 Å². The van der Waals surface area contributed by atoms with Crippen LogP contribution in [-0.2, 0) is 6.54 Å². The van der Waals surface area contributed by atoms with E-state index < -0.39 is 0 Å². The molecule has 0 aliphatic rings. The van der Waals surface area contributed by atoms with Gasteiger partial charge in [-0.05, 0) is 36.7 Å². The quantitative estimate of drug-likeness (QED) is 0.884. The standard InChI is InChI=1S/C12H11BrClFN4O/c1-2-20-12-18-10(14)17-11(19-12)16-6-7-5-8(13)3-4-9(7)15/h3-5H,2,6H2,1H3,(H,16,17,18,19). The van der Waals surface area contributed by atoms with Crippen molar-refractivity contribution in [1.29, 1.82) is 0 Å². The van der Waals surface area contributed by atoms with Crippen molar-refractivity contribution in [1.82, 2.24) is 15.0 Å². The highest BCUT2D eigenvalue weighted by molar-refractivity contribution is 9.10. The fourth-order valence-electron chi connectivity index (χ4n) is 1.46. The predicted octanol–water partition coefficient (Wildman–Crippen LogP) is 3.44. The highest BCUT2D eigenvalue weighted by Gasteiger charge is 2.07. The third-order valence-electron chi connectivity index (χ3n) is 2.31. The summed E-state index contributed by atoms with van der Waals surface area (Å²) in [4.78, 5) is 11.7. The molecular formula is C12H11BrClFN4O. The predicted molar refractivity (Wildman–Crippen MR) is 77.4 cm³/mol. The molecule has 8 heteroatoms. The summed E-state index contributed by atoms with van der Waals surface area (Å²) in [5.41, 5.74) is 0.480. The average molecular weight is 362 g/mol. The summed E-state index contributed by atoms with van der Waals surface area (Å²) in [5.74, 6) is -0.0845. The summed E-state index contributed by atoms with van der Waals surface area (Å²) in [6, 6.07) is 4.82. The van der Waals surface area contributed by atoms with Gasteiger partial charge in [-0.15, -0.1) is 0 Å². The van der Waals surface area contributed by atoms with E-state index in [4.69, 9.17) is 16.3 Å². The molecule has 1 aromatic carbocycles. The molecular weight excluding hydrogens is 351 g/mol. The molecule has 0 aliphatic carbocycles. The first-order chi connectivity index (χ1) is 9.58. The normalized spacial score (nSPS) is 10.4. The lowest BCUT2D eigenvalue weighted by Crippen LogP contribution is -2.08. The molecule has 1 aromatic heterocycles. The Balaban J connectivity index is 2.12. The minimum absolute atomic E-state index is 0.0145. The van der Waals surface area contributed by atoms with Gasteiger partial charge >= 0.3 is 6.01 Å². The Morgan fingerprint density at radius 2 is 2.15 bits per heavy atom. The number of nitrogens with one attached hydrogen (secondary N) is 1. The number of halogens is 3. The van der Waals surface area contributed by atoms with Crippen LogP contribution in [0.25, 0.3) is 0 Å². The molecule has 2 rings (SSSR count). The van der Waals surface area contributed by atoms with E-state index in [-0.39, 0.29) is 29.6 Å². The largest absolute Gasteiger partial charge is 0.464 e. The van der Waals surface area contributed by atoms with Gasteiger partial charge in [0.15, 0.2) is 0 Å². The molecule has 0 atom stereocenters. The SMILES string of the molecule is CCOc1nc(Cl)nc(NCc2cc(Br)ccc2F)n1. The molecule has 0 bridgehead atoms. The van der Waals surface area contributed by atoms with E-state index in [0.29, 0.717) is 12.2 Å². The first-order valence-corrected chi connectivity index (χ1v) is 6.97. The van der Waals surface area contributed by atoms with E-state index in [1.54, 1.807) is 12.1 Å². The monoisotopic (exact) mass is 360 g/mol. The molecule has 0 fully saturated rings. The third kappa shape index (κ3) is 4.01. The number of nitrogens with zero attached hydrogens (tertiary/aromatic N) is 3. The fourth-order valence-corrected chi connectivity index (χ4v) is 2.02. The number of hydrogen-bond acceptors (Lipinski definition) is 5. The first kappa shape index (κ1) is 14.9. The van der Waals surface area contributed by atoms with Gasteiger partial charge in [0.05, 0.1) is 6.61 Å². The molecule has 20 heavy (non-hydrogen) atoms. The summed E-state index contributed by atoms with van der Waals surface area (Å²) in [5, 5.41) is 2.90. The van der Waals surface area contributed by atoms with Crippen LogP contribution in [0.2, 0.25) is 5.28 Å². The van der Waals surface area contributed by atoms with Crippen LogP contribution >= 0.6 is 27.5 Å². The van der Waals surface area contributed by atoms with Crippen LogP contribution in [-0.4, -0.2) is 21.6 Å². The second kappa shape index (κ2) is 6.81. The lowest BCUT2D eigenvalue weighted by atomic mass is 10.2. The van der Waals surface area contributed by atoms with Gasteiger partial charge in [-0.3, -0.25) is 0 Å². The number of anilines is 1. The van der Waals surface area contributed by atoms with Crippen molar-refractivity contribution in [2.45, 2.75) is 13.5 Å². The molecule has 0 aliphatic heterocycles. The van der Waals surface area contributed by atoms with Crippen molar-refractivity contribution < 1.29 is 9.13 Å². The Labute approximate surface area is 128 Å². The minimum Gasteiger partial charge on any atom is -0.464 e. The number of benzene rings is 1. The molecule has 1 N–H and O–H groups in total. The molecule has 2 aromatic rings. The van der Waals surface area contributed by atoms with Crippen LogP contribution in [0.5, 0.6) is 6.01 Å². The van der Waals surface area contributed by atoms with E-state index in [1.807, 2.05) is 6.92 Å². The summed E-state index contributed by atoms with van der Waals surface area (Å²) in [6.45, 7) is 2.44. The summed E-state index contributed by atoms with van der Waals surface area (Å²) in [7, 11) is 0. The van der Waals surface area contributed by atoms with Crippen molar-refractivity contribution in [2.75, 3.05) is 11.9 Å². The van der Waals surface area contributed by atoms with E-state index in [2.05, 4.69) is 36.2 Å². The molecule has 0 saturated carbocycles. The van der Waals surface area contributed by atoms with Crippen molar-refractivity contribution in [3.63, 3.8) is 0 Å². The number of ether oxygens (including phenoxy) is 1. The van der Waals surface area contributed by atoms with Crippen LogP contribution in [0.4, 0.5) is 10.3 Å². The van der Waals surface area contributed by atoms with Gasteiger partial charge in [0.2, 0.25) is 11.2 Å². The van der Waals surface area contributed by atoms with Gasteiger partial charge in [0.1, 0.15) is 5.82 Å². The molecule has 5 nitrogen and oxygen atoms in total. The maximum Gasteiger partial charge on any atom is 0.322 e. The van der Waals surface area contributed by atoms with Crippen LogP contribution in [0.3, 0.4) is 0 Å². The Morgan fingerprint density at radius 3 is 2.90 bits per heavy atom. The van der Waals surface area contributed by atoms with Crippen molar-refractivity contribution in [3.05, 3.63) is 39.3 Å². The van der Waals surface area contributed by atoms with E-state index >= 15 is 0 Å². The number of aromatic nitrogens is 3. The zero-order chi connectivity index (χ0) is 14.5. The molecule has 0 unspecified atom stereocenters. The molecule has 0 saturated heterocycles. The molecule has 0 radical (unpaired) electrons. The van der Waals surface area contributed by atoms with Gasteiger partial charge in [-0.25, -0.2) is 4.39 Å². The average Bonchev–Trinajstić information content (AvgIpc) is 2.40. The van der Waals surface area contributed by atoms with Crippen molar-refractivity contribution >= 4 is 33.5 Å². The smallest absolute Gasteiger partial charge is 0.322 e. The van der Waals surface area contributed by atoms with Crippen molar-refractivity contribution in [3.8, 4) is 6.01 Å². The fraction of sp³-hybridized carbons (Fsp3) is 0.250. The zero-order valence-electron chi connectivity index (χ0n) is 10.5. The van der Waals surface area contributed by atoms with Crippen LogP contribution in [0.1, 0.15) is 12.5 Å². The maximum atomic E-state index is 13.6. The lowest BCUT2D eigenvalue weighted by molar-refractivity contribution is 0.312.